The van der Waals surface area contributed by atoms with Gasteiger partial charge in [0.1, 0.15) is 17.5 Å². The number of hydrogen-bond acceptors (Lipinski definition) is 3. The van der Waals surface area contributed by atoms with Crippen molar-refractivity contribution in [3.05, 3.63) is 48.0 Å². The Morgan fingerprint density at radius 3 is 2.73 bits per heavy atom. The van der Waals surface area contributed by atoms with Gasteiger partial charge in [-0.1, -0.05) is 25.5 Å². The average molecular weight is 305 g/mol. The van der Waals surface area contributed by atoms with Crippen molar-refractivity contribution in [2.75, 3.05) is 0 Å². The molecular weight excluding hydrogens is 289 g/mol. The molecule has 0 fully saturated rings. The molecule has 2 N–H and O–H groups in total. The predicted octanol–water partition coefficient (Wildman–Crippen LogP) is 1.99. The van der Waals surface area contributed by atoms with E-state index in [1.54, 1.807) is 12.1 Å². The zero-order valence-corrected chi connectivity index (χ0v) is 12.0. The number of aliphatic carboxylic acids is 1. The standard InChI is InChI=1S/C15H16FN3O3/c1-2-5-12(15(21)22)17-14(20)11-8-9-19(18-11)13-7-4-3-6-10(13)16/h3-4,6-9,12H,2,5H2,1H3,(H,17,20)(H,21,22)/t12-/m0/s1. The van der Waals surface area contributed by atoms with Crippen LogP contribution in [0.1, 0.15) is 30.3 Å². The minimum Gasteiger partial charge on any atom is -0.480 e. The molecule has 2 rings (SSSR count). The summed E-state index contributed by atoms with van der Waals surface area (Å²) in [7, 11) is 0. The highest BCUT2D eigenvalue weighted by molar-refractivity contribution is 5.94. The van der Waals surface area contributed by atoms with E-state index >= 15 is 0 Å². The van der Waals surface area contributed by atoms with E-state index in [0.29, 0.717) is 12.8 Å². The van der Waals surface area contributed by atoms with Gasteiger partial charge in [0.2, 0.25) is 0 Å². The van der Waals surface area contributed by atoms with Gasteiger partial charge in [0.25, 0.3) is 5.91 Å². The molecule has 1 atom stereocenters. The number of hydrogen-bond donors (Lipinski definition) is 2. The molecule has 0 bridgehead atoms. The van der Waals surface area contributed by atoms with E-state index < -0.39 is 23.7 Å². The van der Waals surface area contributed by atoms with Crippen molar-refractivity contribution < 1.29 is 19.1 Å². The number of rotatable bonds is 6. The highest BCUT2D eigenvalue weighted by Gasteiger charge is 2.21. The lowest BCUT2D eigenvalue weighted by molar-refractivity contribution is -0.139. The first-order valence-electron chi connectivity index (χ1n) is 6.87. The molecule has 1 heterocycles. The van der Waals surface area contributed by atoms with Gasteiger partial charge in [-0.15, -0.1) is 0 Å². The number of carboxylic acid groups (broad SMARTS) is 1. The second-order valence-corrected chi connectivity index (χ2v) is 4.75. The third kappa shape index (κ3) is 3.49. The van der Waals surface area contributed by atoms with Crippen molar-refractivity contribution in [1.82, 2.24) is 15.1 Å². The molecule has 1 amide bonds. The van der Waals surface area contributed by atoms with Crippen LogP contribution in [0, 0.1) is 5.82 Å². The fourth-order valence-electron chi connectivity index (χ4n) is 1.99. The largest absolute Gasteiger partial charge is 0.480 e. The number of amides is 1. The van der Waals surface area contributed by atoms with Gasteiger partial charge in [0.15, 0.2) is 5.69 Å². The fourth-order valence-corrected chi connectivity index (χ4v) is 1.99. The molecule has 0 aliphatic carbocycles. The first-order valence-corrected chi connectivity index (χ1v) is 6.87. The van der Waals surface area contributed by atoms with Gasteiger partial charge in [0, 0.05) is 6.20 Å². The van der Waals surface area contributed by atoms with Crippen molar-refractivity contribution in [2.45, 2.75) is 25.8 Å². The highest BCUT2D eigenvalue weighted by Crippen LogP contribution is 2.12. The number of carboxylic acids is 1. The van der Waals surface area contributed by atoms with Crippen LogP contribution in [-0.4, -0.2) is 32.8 Å². The van der Waals surface area contributed by atoms with Gasteiger partial charge < -0.3 is 10.4 Å². The Kier molecular flexibility index (Phi) is 4.88. The lowest BCUT2D eigenvalue weighted by atomic mass is 10.1. The fraction of sp³-hybridized carbons (Fsp3) is 0.267. The van der Waals surface area contributed by atoms with Crippen molar-refractivity contribution in [3.63, 3.8) is 0 Å². The molecule has 0 unspecified atom stereocenters. The van der Waals surface area contributed by atoms with Crippen molar-refractivity contribution >= 4 is 11.9 Å². The van der Waals surface area contributed by atoms with E-state index in [-0.39, 0.29) is 11.4 Å². The van der Waals surface area contributed by atoms with Gasteiger partial charge in [-0.25, -0.2) is 13.9 Å². The number of aromatic nitrogens is 2. The Labute approximate surface area is 126 Å². The van der Waals surface area contributed by atoms with Crippen molar-refractivity contribution in [1.29, 1.82) is 0 Å². The summed E-state index contributed by atoms with van der Waals surface area (Å²) >= 11 is 0. The summed E-state index contributed by atoms with van der Waals surface area (Å²) in [6.45, 7) is 1.83. The summed E-state index contributed by atoms with van der Waals surface area (Å²) in [4.78, 5) is 23.1. The van der Waals surface area contributed by atoms with Gasteiger partial charge in [-0.05, 0) is 24.6 Å². The second-order valence-electron chi connectivity index (χ2n) is 4.75. The van der Waals surface area contributed by atoms with Crippen LogP contribution in [0.4, 0.5) is 4.39 Å². The molecule has 0 radical (unpaired) electrons. The third-order valence-electron chi connectivity index (χ3n) is 3.10. The Balaban J connectivity index is 2.16. The Hall–Kier alpha value is -2.70. The first-order chi connectivity index (χ1) is 10.5. The minimum atomic E-state index is -1.09. The summed E-state index contributed by atoms with van der Waals surface area (Å²) in [5.41, 5.74) is 0.246. The van der Waals surface area contributed by atoms with Crippen LogP contribution < -0.4 is 5.32 Å². The van der Waals surface area contributed by atoms with Crippen LogP contribution in [0.15, 0.2) is 36.5 Å². The maximum absolute atomic E-state index is 13.7. The smallest absolute Gasteiger partial charge is 0.326 e. The van der Waals surface area contributed by atoms with Gasteiger partial charge in [-0.2, -0.15) is 5.10 Å². The Morgan fingerprint density at radius 2 is 2.09 bits per heavy atom. The minimum absolute atomic E-state index is 0.0330. The highest BCUT2D eigenvalue weighted by atomic mass is 19.1. The lowest BCUT2D eigenvalue weighted by Gasteiger charge is -2.12. The molecule has 7 heteroatoms. The summed E-state index contributed by atoms with van der Waals surface area (Å²) < 4.78 is 14.9. The maximum atomic E-state index is 13.7. The van der Waals surface area contributed by atoms with Crippen LogP contribution in [0.25, 0.3) is 5.69 Å². The average Bonchev–Trinajstić information content (AvgIpc) is 2.96. The molecule has 2 aromatic rings. The molecule has 22 heavy (non-hydrogen) atoms. The molecule has 0 aliphatic heterocycles. The zero-order chi connectivity index (χ0) is 16.1. The van der Waals surface area contributed by atoms with E-state index in [1.807, 2.05) is 6.92 Å². The van der Waals surface area contributed by atoms with E-state index in [2.05, 4.69) is 10.4 Å². The van der Waals surface area contributed by atoms with Crippen LogP contribution in [0.2, 0.25) is 0 Å². The predicted molar refractivity (Wildman–Crippen MR) is 77.3 cm³/mol. The molecule has 0 saturated carbocycles. The van der Waals surface area contributed by atoms with Crippen molar-refractivity contribution in [3.8, 4) is 5.69 Å². The lowest BCUT2D eigenvalue weighted by Crippen LogP contribution is -2.40. The number of nitrogens with one attached hydrogen (secondary N) is 1. The summed E-state index contributed by atoms with van der Waals surface area (Å²) in [5.74, 6) is -2.16. The quantitative estimate of drug-likeness (QED) is 0.855. The number of carbonyl (C=O) groups is 2. The molecule has 6 nitrogen and oxygen atoms in total. The van der Waals surface area contributed by atoms with E-state index in [0.717, 1.165) is 0 Å². The number of carbonyl (C=O) groups excluding carboxylic acids is 1. The number of para-hydroxylation sites is 1. The Bertz CT molecular complexity index is 684. The van der Waals surface area contributed by atoms with E-state index in [4.69, 9.17) is 5.11 Å². The van der Waals surface area contributed by atoms with Crippen LogP contribution in [0.5, 0.6) is 0 Å². The Morgan fingerprint density at radius 1 is 1.36 bits per heavy atom. The van der Waals surface area contributed by atoms with Gasteiger partial charge in [0.05, 0.1) is 0 Å². The number of nitrogens with zero attached hydrogens (tertiary/aromatic N) is 2. The van der Waals surface area contributed by atoms with Crippen molar-refractivity contribution in [2.24, 2.45) is 0 Å². The number of benzene rings is 1. The van der Waals surface area contributed by atoms with E-state index in [1.165, 1.54) is 29.1 Å². The number of halogens is 1. The summed E-state index contributed by atoms with van der Waals surface area (Å²) in [6, 6.07) is 6.47. The molecule has 0 aliphatic rings. The first kappa shape index (κ1) is 15.7. The monoisotopic (exact) mass is 305 g/mol. The molecule has 0 saturated heterocycles. The van der Waals surface area contributed by atoms with Gasteiger partial charge in [-0.3, -0.25) is 4.79 Å². The SMILES string of the molecule is CCC[C@H](NC(=O)c1ccn(-c2ccccc2F)n1)C(=O)O. The molecule has 0 spiro atoms. The molecule has 116 valence electrons. The van der Waals surface area contributed by atoms with Crippen LogP contribution in [-0.2, 0) is 4.79 Å². The summed E-state index contributed by atoms with van der Waals surface area (Å²) in [5, 5.41) is 15.4. The second kappa shape index (κ2) is 6.84. The topological polar surface area (TPSA) is 84.2 Å². The zero-order valence-electron chi connectivity index (χ0n) is 12.0. The molecular formula is C15H16FN3O3. The third-order valence-corrected chi connectivity index (χ3v) is 3.10. The van der Waals surface area contributed by atoms with E-state index in [9.17, 15) is 14.0 Å². The van der Waals surface area contributed by atoms with Crippen LogP contribution in [0.3, 0.4) is 0 Å². The normalized spacial score (nSPS) is 11.9. The molecule has 1 aromatic heterocycles. The summed E-state index contributed by atoms with van der Waals surface area (Å²) in [6.07, 6.45) is 2.40. The molecule has 1 aromatic carbocycles. The van der Waals surface area contributed by atoms with Crippen LogP contribution >= 0.6 is 0 Å². The maximum Gasteiger partial charge on any atom is 0.326 e. The van der Waals surface area contributed by atoms with Gasteiger partial charge >= 0.3 is 5.97 Å².